The van der Waals surface area contributed by atoms with E-state index in [1.807, 2.05) is 37.3 Å². The molecule has 7 nitrogen and oxygen atoms in total. The van der Waals surface area contributed by atoms with E-state index < -0.39 is 35.8 Å². The van der Waals surface area contributed by atoms with Crippen molar-refractivity contribution in [3.8, 4) is 5.75 Å². The van der Waals surface area contributed by atoms with E-state index in [-0.39, 0.29) is 5.75 Å². The molecule has 0 bridgehead atoms. The summed E-state index contributed by atoms with van der Waals surface area (Å²) in [4.78, 5) is 11.1. The first-order chi connectivity index (χ1) is 14.8. The Morgan fingerprint density at radius 2 is 1.84 bits per heavy atom. The van der Waals surface area contributed by atoms with Crippen molar-refractivity contribution < 1.29 is 29.6 Å². The lowest BCUT2D eigenvalue weighted by Crippen LogP contribution is -2.53. The maximum atomic E-state index is 11.1. The number of amides is 1. The second-order valence-corrected chi connectivity index (χ2v) is 8.77. The summed E-state index contributed by atoms with van der Waals surface area (Å²) in [6.45, 7) is 2.52. The quantitative estimate of drug-likeness (QED) is 0.468. The van der Waals surface area contributed by atoms with Gasteiger partial charge in [0.1, 0.15) is 35.6 Å². The van der Waals surface area contributed by atoms with Gasteiger partial charge in [-0.1, -0.05) is 35.9 Å². The van der Waals surface area contributed by atoms with Gasteiger partial charge in [-0.05, 0) is 48.2 Å². The lowest BCUT2D eigenvalue weighted by Gasteiger charge is -2.40. The van der Waals surface area contributed by atoms with Gasteiger partial charge in [0.2, 0.25) is 5.91 Å². The van der Waals surface area contributed by atoms with Gasteiger partial charge in [-0.25, -0.2) is 0 Å². The summed E-state index contributed by atoms with van der Waals surface area (Å²) < 4.78 is 11.3. The Bertz CT molecular complexity index is 896. The smallest absolute Gasteiger partial charge is 0.227 e. The van der Waals surface area contributed by atoms with Crippen LogP contribution in [-0.4, -0.2) is 57.3 Å². The summed E-state index contributed by atoms with van der Waals surface area (Å²) in [7, 11) is 0. The van der Waals surface area contributed by atoms with Gasteiger partial charge in [-0.15, -0.1) is 11.8 Å². The van der Waals surface area contributed by atoms with Crippen molar-refractivity contribution in [2.75, 3.05) is 12.4 Å². The van der Waals surface area contributed by atoms with Gasteiger partial charge >= 0.3 is 0 Å². The molecule has 0 aromatic heterocycles. The van der Waals surface area contributed by atoms with Crippen molar-refractivity contribution in [2.24, 2.45) is 5.73 Å². The Hall–Kier alpha value is -1.81. The molecule has 1 fully saturated rings. The molecule has 3 rings (SSSR count). The van der Waals surface area contributed by atoms with Crippen molar-refractivity contribution in [1.82, 2.24) is 0 Å². The highest BCUT2D eigenvalue weighted by Gasteiger charge is 2.44. The molecule has 168 valence electrons. The number of nitrogens with two attached hydrogens (primary N) is 1. The molecular weight excluding hydrogens is 442 g/mol. The molecule has 0 aliphatic carbocycles. The molecule has 0 spiro atoms. The predicted molar refractivity (Wildman–Crippen MR) is 119 cm³/mol. The largest absolute Gasteiger partial charge is 0.494 e. The summed E-state index contributed by atoms with van der Waals surface area (Å²) in [5, 5.41) is 31.6. The number of hydrogen-bond donors (Lipinski definition) is 4. The number of thioether (sulfide) groups is 1. The Morgan fingerprint density at radius 3 is 2.48 bits per heavy atom. The number of primary amides is 1. The zero-order chi connectivity index (χ0) is 22.5. The summed E-state index contributed by atoms with van der Waals surface area (Å²) in [6, 6.07) is 12.9. The minimum absolute atomic E-state index is 0.0825. The molecule has 1 aliphatic heterocycles. The summed E-state index contributed by atoms with van der Waals surface area (Å²) in [5.74, 6) is 0.139. The van der Waals surface area contributed by atoms with Crippen LogP contribution in [0, 0.1) is 0 Å². The maximum Gasteiger partial charge on any atom is 0.227 e. The molecule has 1 heterocycles. The Labute approximate surface area is 190 Å². The Balaban J connectivity index is 1.80. The van der Waals surface area contributed by atoms with Crippen LogP contribution in [0.5, 0.6) is 5.75 Å². The van der Waals surface area contributed by atoms with Crippen LogP contribution in [0.2, 0.25) is 5.02 Å². The fraction of sp³-hybridized carbons (Fsp3) is 0.409. The summed E-state index contributed by atoms with van der Waals surface area (Å²) in [5.41, 5.74) is 6.70. The van der Waals surface area contributed by atoms with Gasteiger partial charge in [0.25, 0.3) is 0 Å². The fourth-order valence-electron chi connectivity index (χ4n) is 3.42. The van der Waals surface area contributed by atoms with E-state index in [0.29, 0.717) is 23.6 Å². The first-order valence-electron chi connectivity index (χ1n) is 9.89. The standard InChI is InChI=1S/C22H26ClNO6S/c1-2-29-15-6-3-12(4-7-15)9-14-10-13(5-8-16(14)23)21-19(27)18(26)20(28)22(30-21)31-11-17(24)25/h3-8,10,18-22,26-28H,2,9,11H2,1H3,(H2,24,25)/t18-,19?,20-,21-,22+/m0/s1. The van der Waals surface area contributed by atoms with Crippen molar-refractivity contribution in [3.05, 3.63) is 64.2 Å². The molecule has 31 heavy (non-hydrogen) atoms. The second kappa shape index (κ2) is 10.7. The topological polar surface area (TPSA) is 122 Å². The maximum absolute atomic E-state index is 11.1. The third-order valence-electron chi connectivity index (χ3n) is 4.99. The van der Waals surface area contributed by atoms with Crippen LogP contribution in [0.3, 0.4) is 0 Å². The van der Waals surface area contributed by atoms with E-state index >= 15 is 0 Å². The molecule has 0 saturated carbocycles. The van der Waals surface area contributed by atoms with E-state index in [4.69, 9.17) is 26.8 Å². The molecular formula is C22H26ClNO6S. The van der Waals surface area contributed by atoms with Crippen molar-refractivity contribution in [2.45, 2.75) is 43.2 Å². The number of halogens is 1. The van der Waals surface area contributed by atoms with E-state index in [1.54, 1.807) is 12.1 Å². The number of hydrogen-bond acceptors (Lipinski definition) is 7. The number of aliphatic hydroxyl groups is 3. The van der Waals surface area contributed by atoms with Crippen LogP contribution >= 0.6 is 23.4 Å². The number of aliphatic hydroxyl groups excluding tert-OH is 3. The highest BCUT2D eigenvalue weighted by atomic mass is 35.5. The Kier molecular flexibility index (Phi) is 8.21. The third-order valence-corrected chi connectivity index (χ3v) is 6.53. The van der Waals surface area contributed by atoms with Gasteiger partial charge < -0.3 is 30.5 Å². The lowest BCUT2D eigenvalue weighted by atomic mass is 9.92. The molecule has 2 aromatic carbocycles. The van der Waals surface area contributed by atoms with Gasteiger partial charge in [-0.2, -0.15) is 0 Å². The highest BCUT2D eigenvalue weighted by molar-refractivity contribution is 8.00. The van der Waals surface area contributed by atoms with E-state index in [0.717, 1.165) is 28.6 Å². The molecule has 5 atom stereocenters. The molecule has 2 aromatic rings. The van der Waals surface area contributed by atoms with Crippen LogP contribution in [0.4, 0.5) is 0 Å². The van der Waals surface area contributed by atoms with E-state index in [1.165, 1.54) is 0 Å². The Morgan fingerprint density at radius 1 is 1.13 bits per heavy atom. The van der Waals surface area contributed by atoms with Crippen LogP contribution in [0.25, 0.3) is 0 Å². The lowest BCUT2D eigenvalue weighted by molar-refractivity contribution is -0.200. The number of rotatable bonds is 8. The van der Waals surface area contributed by atoms with Crippen molar-refractivity contribution in [3.63, 3.8) is 0 Å². The minimum Gasteiger partial charge on any atom is -0.494 e. The normalized spacial score (nSPS) is 25.9. The molecule has 1 aliphatic rings. The second-order valence-electron chi connectivity index (χ2n) is 7.28. The first kappa shape index (κ1) is 23.8. The van der Waals surface area contributed by atoms with Gasteiger partial charge in [-0.3, -0.25) is 4.79 Å². The summed E-state index contributed by atoms with van der Waals surface area (Å²) in [6.07, 6.45) is -4.49. The van der Waals surface area contributed by atoms with Crippen LogP contribution < -0.4 is 10.5 Å². The SMILES string of the molecule is CCOc1ccc(Cc2cc([C@@H]3O[C@H](SCC(N)=O)[C@@H](O)[C@@H](O)C3O)ccc2Cl)cc1. The minimum atomic E-state index is -1.44. The van der Waals surface area contributed by atoms with E-state index in [9.17, 15) is 20.1 Å². The number of benzene rings is 2. The average molecular weight is 468 g/mol. The molecule has 1 unspecified atom stereocenters. The van der Waals surface area contributed by atoms with Crippen LogP contribution in [-0.2, 0) is 16.0 Å². The molecule has 5 N–H and O–H groups in total. The molecule has 1 saturated heterocycles. The van der Waals surface area contributed by atoms with Crippen LogP contribution in [0.15, 0.2) is 42.5 Å². The fourth-order valence-corrected chi connectivity index (χ4v) is 4.49. The van der Waals surface area contributed by atoms with Crippen LogP contribution in [0.1, 0.15) is 29.7 Å². The number of carbonyl (C=O) groups is 1. The third kappa shape index (κ3) is 5.91. The van der Waals surface area contributed by atoms with Gasteiger partial charge in [0.15, 0.2) is 0 Å². The van der Waals surface area contributed by atoms with Gasteiger partial charge in [0, 0.05) is 5.02 Å². The first-order valence-corrected chi connectivity index (χ1v) is 11.3. The number of carbonyl (C=O) groups excluding carboxylic acids is 1. The molecule has 0 radical (unpaired) electrons. The van der Waals surface area contributed by atoms with E-state index in [2.05, 4.69) is 0 Å². The molecule has 1 amide bonds. The highest BCUT2D eigenvalue weighted by Crippen LogP contribution is 2.37. The zero-order valence-electron chi connectivity index (χ0n) is 17.0. The summed E-state index contributed by atoms with van der Waals surface area (Å²) >= 11 is 7.37. The van der Waals surface area contributed by atoms with Crippen molar-refractivity contribution in [1.29, 1.82) is 0 Å². The van der Waals surface area contributed by atoms with Crippen molar-refractivity contribution >= 4 is 29.3 Å². The monoisotopic (exact) mass is 467 g/mol. The average Bonchev–Trinajstić information content (AvgIpc) is 2.75. The zero-order valence-corrected chi connectivity index (χ0v) is 18.6. The number of ether oxygens (including phenoxy) is 2. The molecule has 9 heteroatoms. The predicted octanol–water partition coefficient (Wildman–Crippen LogP) is 2.03. The van der Waals surface area contributed by atoms with Gasteiger partial charge in [0.05, 0.1) is 12.4 Å².